The molecular weight excluding hydrogens is 532 g/mol. The summed E-state index contributed by atoms with van der Waals surface area (Å²) in [6.45, 7) is 2.26. The molecule has 2 N–H and O–H groups in total. The average Bonchev–Trinajstić information content (AvgIpc) is 3.75. The number of tetrazole rings is 1. The zero-order valence-electron chi connectivity index (χ0n) is 22.9. The number of carbonyl (C=O) groups is 1. The number of aromatic amines is 1. The van der Waals surface area contributed by atoms with Gasteiger partial charge in [0.05, 0.1) is 31.8 Å². The fourth-order valence-electron chi connectivity index (χ4n) is 4.47. The Morgan fingerprint density at radius 1 is 1.15 bits per heavy atom. The number of carboxylic acids is 1. The van der Waals surface area contributed by atoms with Gasteiger partial charge in [-0.3, -0.25) is 4.57 Å². The van der Waals surface area contributed by atoms with Crippen LogP contribution >= 0.6 is 0 Å². The monoisotopic (exact) mass is 562 g/mol. The van der Waals surface area contributed by atoms with Crippen molar-refractivity contribution >= 4 is 12.0 Å². The second-order valence-corrected chi connectivity index (χ2v) is 9.16. The summed E-state index contributed by atoms with van der Waals surface area (Å²) in [6, 6.07) is 8.86. The van der Waals surface area contributed by atoms with Gasteiger partial charge >= 0.3 is 5.97 Å². The lowest BCUT2D eigenvalue weighted by atomic mass is 10.0. The number of rotatable bonds is 13. The van der Waals surface area contributed by atoms with Crippen molar-refractivity contribution in [2.75, 3.05) is 21.0 Å². The summed E-state index contributed by atoms with van der Waals surface area (Å²) >= 11 is 0. The number of hydrogen-bond donors (Lipinski definition) is 2. The number of aromatic nitrogens is 6. The highest BCUT2D eigenvalue weighted by atomic mass is 16.7. The van der Waals surface area contributed by atoms with E-state index in [1.165, 1.54) is 7.11 Å². The Bertz CT molecular complexity index is 1550. The highest BCUT2D eigenvalue weighted by molar-refractivity contribution is 5.92. The van der Waals surface area contributed by atoms with Crippen LogP contribution in [0.5, 0.6) is 28.7 Å². The minimum Gasteiger partial charge on any atom is -0.497 e. The highest BCUT2D eigenvalue weighted by Crippen LogP contribution is 2.39. The van der Waals surface area contributed by atoms with E-state index in [1.807, 2.05) is 16.7 Å². The molecule has 0 spiro atoms. The molecule has 214 valence electrons. The number of aliphatic carboxylic acids is 1. The lowest BCUT2D eigenvalue weighted by Gasteiger charge is -2.17. The van der Waals surface area contributed by atoms with Gasteiger partial charge in [0.25, 0.3) is 0 Å². The molecule has 3 heterocycles. The first-order valence-corrected chi connectivity index (χ1v) is 13.0. The van der Waals surface area contributed by atoms with E-state index in [1.54, 1.807) is 37.6 Å². The second-order valence-electron chi connectivity index (χ2n) is 9.16. The molecular formula is C28H30N6O7. The Morgan fingerprint density at radius 3 is 2.68 bits per heavy atom. The quantitative estimate of drug-likeness (QED) is 0.229. The number of fused-ring (bicyclic) bond motifs is 1. The number of carboxylic acid groups (broad SMARTS) is 1. The molecule has 0 bridgehead atoms. The van der Waals surface area contributed by atoms with Crippen molar-refractivity contribution < 1.29 is 33.6 Å². The molecule has 0 atom stereocenters. The van der Waals surface area contributed by atoms with Crippen LogP contribution in [0.25, 0.3) is 11.8 Å². The molecule has 1 aliphatic heterocycles. The van der Waals surface area contributed by atoms with Gasteiger partial charge in [-0.25, -0.2) is 9.78 Å². The maximum atomic E-state index is 12.5. The maximum Gasteiger partial charge on any atom is 0.331 e. The van der Waals surface area contributed by atoms with Gasteiger partial charge in [-0.15, -0.1) is 10.2 Å². The third-order valence-electron chi connectivity index (χ3n) is 6.52. The number of unbranched alkanes of at least 4 members (excludes halogenated alkanes) is 1. The van der Waals surface area contributed by atoms with Crippen LogP contribution in [-0.4, -0.2) is 62.3 Å². The molecule has 41 heavy (non-hydrogen) atoms. The Hall–Kier alpha value is -5.07. The normalized spacial score (nSPS) is 12.4. The zero-order chi connectivity index (χ0) is 28.8. The van der Waals surface area contributed by atoms with Crippen LogP contribution in [-0.2, 0) is 24.2 Å². The van der Waals surface area contributed by atoms with Crippen molar-refractivity contribution in [2.45, 2.75) is 39.2 Å². The molecule has 2 aromatic heterocycles. The topological polar surface area (TPSA) is 156 Å². The van der Waals surface area contributed by atoms with E-state index in [4.69, 9.17) is 23.7 Å². The number of H-pyrrole nitrogens is 1. The Labute approximate surface area is 235 Å². The molecule has 13 heteroatoms. The SMILES string of the molecule is CCCCc1ncc(C=C(Cc2cc3c(cc2OC)OCO3)C(=O)O)n1-c1ccc(OC)cc1OCc1nn[nH]n1. The van der Waals surface area contributed by atoms with E-state index in [-0.39, 0.29) is 25.4 Å². The summed E-state index contributed by atoms with van der Waals surface area (Å²) in [5.74, 6) is 2.73. The molecule has 0 amide bonds. The van der Waals surface area contributed by atoms with Crippen LogP contribution in [0.4, 0.5) is 0 Å². The predicted molar refractivity (Wildman–Crippen MR) is 146 cm³/mol. The standard InChI is InChI=1S/C28H30N6O7/c1-4-5-6-27-29-14-19(10-18(28(35)36)9-17-11-24-25(41-16-40-24)13-22(17)38-3)34(27)21-8-7-20(37-2)12-23(21)39-15-26-30-32-33-31-26/h7-8,10-14H,4-6,9,15-16H2,1-3H3,(H,35,36)(H,30,31,32,33). The Balaban J connectivity index is 1.57. The lowest BCUT2D eigenvalue weighted by molar-refractivity contribution is -0.132. The van der Waals surface area contributed by atoms with Crippen LogP contribution in [0.3, 0.4) is 0 Å². The maximum absolute atomic E-state index is 12.5. The summed E-state index contributed by atoms with van der Waals surface area (Å²) in [6.07, 6.45) is 5.90. The fraction of sp³-hybridized carbons (Fsp3) is 0.321. The Morgan fingerprint density at radius 2 is 1.98 bits per heavy atom. The molecule has 0 saturated carbocycles. The van der Waals surface area contributed by atoms with Crippen molar-refractivity contribution in [3.63, 3.8) is 0 Å². The predicted octanol–water partition coefficient (Wildman–Crippen LogP) is 3.76. The zero-order valence-corrected chi connectivity index (χ0v) is 22.9. The molecule has 0 radical (unpaired) electrons. The van der Waals surface area contributed by atoms with Crippen LogP contribution in [0, 0.1) is 0 Å². The van der Waals surface area contributed by atoms with Crippen molar-refractivity contribution in [1.82, 2.24) is 30.2 Å². The second kappa shape index (κ2) is 12.4. The molecule has 5 rings (SSSR count). The van der Waals surface area contributed by atoms with Crippen LogP contribution in [0.1, 0.15) is 42.7 Å². The number of imidazole rings is 1. The smallest absolute Gasteiger partial charge is 0.331 e. The minimum absolute atomic E-state index is 0.0606. The van der Waals surface area contributed by atoms with E-state index >= 15 is 0 Å². The van der Waals surface area contributed by atoms with E-state index < -0.39 is 5.97 Å². The molecule has 0 fully saturated rings. The third-order valence-corrected chi connectivity index (χ3v) is 6.52. The molecule has 4 aromatic rings. The van der Waals surface area contributed by atoms with Gasteiger partial charge in [0, 0.05) is 36.1 Å². The van der Waals surface area contributed by atoms with E-state index in [2.05, 4.69) is 32.5 Å². The number of nitrogens with one attached hydrogen (secondary N) is 1. The molecule has 0 unspecified atom stereocenters. The number of aryl methyl sites for hydroxylation is 1. The van der Waals surface area contributed by atoms with Gasteiger partial charge in [-0.2, -0.15) is 5.21 Å². The first-order chi connectivity index (χ1) is 20.0. The van der Waals surface area contributed by atoms with Crippen LogP contribution in [0.15, 0.2) is 42.1 Å². The third kappa shape index (κ3) is 6.08. The minimum atomic E-state index is -1.07. The summed E-state index contributed by atoms with van der Waals surface area (Å²) in [5.41, 5.74) is 2.02. The number of benzene rings is 2. The van der Waals surface area contributed by atoms with Gasteiger partial charge in [0.1, 0.15) is 23.1 Å². The highest BCUT2D eigenvalue weighted by Gasteiger charge is 2.22. The molecule has 0 aliphatic carbocycles. The number of hydrogen-bond acceptors (Lipinski definition) is 10. The first kappa shape index (κ1) is 27.5. The summed E-state index contributed by atoms with van der Waals surface area (Å²) in [7, 11) is 3.10. The Kier molecular flexibility index (Phi) is 8.32. The van der Waals surface area contributed by atoms with E-state index in [0.29, 0.717) is 57.9 Å². The summed E-state index contributed by atoms with van der Waals surface area (Å²) in [5, 5.41) is 24.1. The molecule has 1 aliphatic rings. The van der Waals surface area contributed by atoms with Crippen molar-refractivity contribution in [2.24, 2.45) is 0 Å². The molecule has 0 saturated heterocycles. The van der Waals surface area contributed by atoms with E-state index in [0.717, 1.165) is 18.7 Å². The van der Waals surface area contributed by atoms with Crippen molar-refractivity contribution in [3.05, 3.63) is 65.0 Å². The molecule has 2 aromatic carbocycles. The number of methoxy groups -OCH3 is 2. The lowest BCUT2D eigenvalue weighted by Crippen LogP contribution is -2.09. The van der Waals surface area contributed by atoms with Gasteiger partial charge in [0.15, 0.2) is 18.1 Å². The van der Waals surface area contributed by atoms with Crippen molar-refractivity contribution in [1.29, 1.82) is 0 Å². The van der Waals surface area contributed by atoms with Gasteiger partial charge < -0.3 is 28.8 Å². The van der Waals surface area contributed by atoms with Gasteiger partial charge in [0.2, 0.25) is 12.6 Å². The fourth-order valence-corrected chi connectivity index (χ4v) is 4.47. The largest absolute Gasteiger partial charge is 0.497 e. The average molecular weight is 563 g/mol. The van der Waals surface area contributed by atoms with Crippen LogP contribution < -0.4 is 23.7 Å². The summed E-state index contributed by atoms with van der Waals surface area (Å²) in [4.78, 5) is 17.2. The van der Waals surface area contributed by atoms with Crippen LogP contribution in [0.2, 0.25) is 0 Å². The number of ether oxygens (including phenoxy) is 5. The van der Waals surface area contributed by atoms with E-state index in [9.17, 15) is 9.90 Å². The van der Waals surface area contributed by atoms with Gasteiger partial charge in [-0.1, -0.05) is 18.6 Å². The number of nitrogens with zero attached hydrogens (tertiary/aromatic N) is 5. The van der Waals surface area contributed by atoms with Crippen molar-refractivity contribution in [3.8, 4) is 34.4 Å². The van der Waals surface area contributed by atoms with Gasteiger partial charge in [-0.05, 0) is 30.7 Å². The molecule has 13 nitrogen and oxygen atoms in total. The first-order valence-electron chi connectivity index (χ1n) is 13.0. The summed E-state index contributed by atoms with van der Waals surface area (Å²) < 4.78 is 29.9.